The van der Waals surface area contributed by atoms with E-state index in [9.17, 15) is 0 Å². The second-order valence-electron chi connectivity index (χ2n) is 3.00. The quantitative estimate of drug-likeness (QED) is 0.162. The molecule has 0 spiro atoms. The van der Waals surface area contributed by atoms with Gasteiger partial charge in [-0.2, -0.15) is 0 Å². The third-order valence-electron chi connectivity index (χ3n) is 1.18. The summed E-state index contributed by atoms with van der Waals surface area (Å²) in [5, 5.41) is 0. The van der Waals surface area contributed by atoms with Gasteiger partial charge in [0.25, 0.3) is 0 Å². The number of phosphoric acid groups is 2. The van der Waals surface area contributed by atoms with E-state index in [2.05, 4.69) is 25.3 Å². The van der Waals surface area contributed by atoms with E-state index in [0.29, 0.717) is 21.2 Å². The van der Waals surface area contributed by atoms with Crippen molar-refractivity contribution >= 4 is 52.3 Å². The molecule has 118 valence electrons. The average Bonchev–Trinajstić information content (AvgIpc) is 2.09. The molecule has 0 saturated heterocycles. The minimum atomic E-state index is -4.64. The first-order chi connectivity index (χ1) is 8.61. The van der Waals surface area contributed by atoms with Crippen molar-refractivity contribution in [2.75, 3.05) is 11.5 Å². The Kier molecular flexibility index (Phi) is 9.80. The molecule has 0 saturated carbocycles. The van der Waals surface area contributed by atoms with E-state index in [-0.39, 0.29) is 0 Å². The molecule has 10 N–H and O–H groups in total. The van der Waals surface area contributed by atoms with E-state index < -0.39 is 15.6 Å². The maximum absolute atomic E-state index is 8.88. The molecule has 0 radical (unpaired) electrons. The third-order valence-corrected chi connectivity index (χ3v) is 1.95. The molecule has 1 aromatic carbocycles. The Morgan fingerprint density at radius 2 is 0.900 bits per heavy atom. The topological polar surface area (TPSA) is 208 Å². The lowest BCUT2D eigenvalue weighted by Gasteiger charge is -2.02. The van der Waals surface area contributed by atoms with Crippen LogP contribution < -0.4 is 11.5 Å². The maximum Gasteiger partial charge on any atom is 0.466 e. The Bertz CT molecular complexity index is 443. The summed E-state index contributed by atoms with van der Waals surface area (Å²) >= 11 is 8.15. The molecular formula is C6H14N2O8P2S2. The summed E-state index contributed by atoms with van der Waals surface area (Å²) in [4.78, 5) is 44.5. The zero-order valence-electron chi connectivity index (χ0n) is 9.60. The van der Waals surface area contributed by atoms with Crippen LogP contribution in [0.25, 0.3) is 0 Å². The first-order valence-corrected chi connectivity index (χ1v) is 8.27. The van der Waals surface area contributed by atoms with Crippen molar-refractivity contribution in [3.05, 3.63) is 12.1 Å². The number of benzene rings is 1. The van der Waals surface area contributed by atoms with Crippen LogP contribution in [0.5, 0.6) is 0 Å². The highest BCUT2D eigenvalue weighted by Gasteiger charge is 2.00. The molecular weight excluding hydrogens is 354 g/mol. The van der Waals surface area contributed by atoms with Crippen LogP contribution in [-0.2, 0) is 9.13 Å². The van der Waals surface area contributed by atoms with Crippen LogP contribution in [0.1, 0.15) is 0 Å². The maximum atomic E-state index is 8.88. The standard InChI is InChI=1S/C6H8N2S2.2H3O4P/c7-3-1-5(9)4(8)2-6(3)10;2*1-5(2,3)4/h1-2,9-10H,7-8H2;2*(H3,1,2,3,4). The number of nitrogens with two attached hydrogens (primary N) is 2. The Morgan fingerprint density at radius 1 is 0.750 bits per heavy atom. The van der Waals surface area contributed by atoms with Crippen LogP contribution >= 0.6 is 40.9 Å². The molecule has 14 heteroatoms. The summed E-state index contributed by atoms with van der Waals surface area (Å²) in [7, 11) is -9.28. The minimum Gasteiger partial charge on any atom is -0.398 e. The summed E-state index contributed by atoms with van der Waals surface area (Å²) in [6.07, 6.45) is 0. The highest BCUT2D eigenvalue weighted by Crippen LogP contribution is 2.26. The molecule has 10 nitrogen and oxygen atoms in total. The molecule has 0 aliphatic rings. The van der Waals surface area contributed by atoms with E-state index in [1.54, 1.807) is 12.1 Å². The van der Waals surface area contributed by atoms with Crippen LogP contribution in [0.2, 0.25) is 0 Å². The summed E-state index contributed by atoms with van der Waals surface area (Å²) in [5.74, 6) is 0. The monoisotopic (exact) mass is 368 g/mol. The molecule has 0 amide bonds. The van der Waals surface area contributed by atoms with E-state index in [0.717, 1.165) is 0 Å². The van der Waals surface area contributed by atoms with Gasteiger partial charge in [-0.05, 0) is 12.1 Å². The molecule has 1 aromatic rings. The molecule has 0 bridgehead atoms. The van der Waals surface area contributed by atoms with Gasteiger partial charge in [0.05, 0.1) is 0 Å². The lowest BCUT2D eigenvalue weighted by atomic mass is 10.3. The molecule has 0 heterocycles. The van der Waals surface area contributed by atoms with Crippen LogP contribution in [0, 0.1) is 0 Å². The second-order valence-corrected chi connectivity index (χ2v) is 6.01. The van der Waals surface area contributed by atoms with Gasteiger partial charge in [-0.25, -0.2) is 9.13 Å². The predicted molar refractivity (Wildman–Crippen MR) is 78.3 cm³/mol. The van der Waals surface area contributed by atoms with Crippen molar-refractivity contribution in [2.24, 2.45) is 0 Å². The molecule has 0 fully saturated rings. The van der Waals surface area contributed by atoms with Gasteiger partial charge in [0, 0.05) is 21.2 Å². The Balaban J connectivity index is 0. The van der Waals surface area contributed by atoms with Gasteiger partial charge in [0.1, 0.15) is 0 Å². The fourth-order valence-electron chi connectivity index (χ4n) is 0.609. The highest BCUT2D eigenvalue weighted by atomic mass is 32.1. The smallest absolute Gasteiger partial charge is 0.398 e. The molecule has 0 aliphatic heterocycles. The van der Waals surface area contributed by atoms with Crippen molar-refractivity contribution in [1.29, 1.82) is 0 Å². The molecule has 0 aromatic heterocycles. The second kappa shape index (κ2) is 8.90. The van der Waals surface area contributed by atoms with Gasteiger partial charge in [-0.15, -0.1) is 25.3 Å². The number of nitrogen functional groups attached to an aromatic ring is 2. The molecule has 0 atom stereocenters. The van der Waals surface area contributed by atoms with Crippen molar-refractivity contribution in [3.63, 3.8) is 0 Å². The van der Waals surface area contributed by atoms with E-state index >= 15 is 0 Å². The van der Waals surface area contributed by atoms with E-state index in [4.69, 9.17) is 50.0 Å². The fourth-order valence-corrected chi connectivity index (χ4v) is 1.02. The SMILES string of the molecule is Nc1cc(S)c(N)cc1S.O=P(O)(O)O.O=P(O)(O)O. The lowest BCUT2D eigenvalue weighted by molar-refractivity contribution is 0.272. The van der Waals surface area contributed by atoms with Crippen molar-refractivity contribution in [3.8, 4) is 0 Å². The summed E-state index contributed by atoms with van der Waals surface area (Å²) in [6.45, 7) is 0. The van der Waals surface area contributed by atoms with Gasteiger partial charge < -0.3 is 40.8 Å². The van der Waals surface area contributed by atoms with E-state index in [1.165, 1.54) is 0 Å². The van der Waals surface area contributed by atoms with Gasteiger partial charge in [0.2, 0.25) is 0 Å². The normalized spacial score (nSPS) is 10.8. The predicted octanol–water partition coefficient (Wildman–Crippen LogP) is -0.429. The van der Waals surface area contributed by atoms with Crippen molar-refractivity contribution in [1.82, 2.24) is 0 Å². The highest BCUT2D eigenvalue weighted by molar-refractivity contribution is 7.81. The number of hydrogen-bond acceptors (Lipinski definition) is 6. The zero-order chi connectivity index (χ0) is 16.7. The Hall–Kier alpha value is -0.260. The van der Waals surface area contributed by atoms with Crippen LogP contribution in [0.15, 0.2) is 21.9 Å². The molecule has 0 unspecified atom stereocenters. The lowest BCUT2D eigenvalue weighted by Crippen LogP contribution is -1.91. The van der Waals surface area contributed by atoms with Gasteiger partial charge in [0.15, 0.2) is 0 Å². The summed E-state index contributed by atoms with van der Waals surface area (Å²) in [5.41, 5.74) is 12.2. The van der Waals surface area contributed by atoms with Gasteiger partial charge in [-0.1, -0.05) is 0 Å². The van der Waals surface area contributed by atoms with E-state index in [1.807, 2.05) is 0 Å². The first-order valence-electron chi connectivity index (χ1n) is 4.24. The fraction of sp³-hybridized carbons (Fsp3) is 0. The molecule has 0 aliphatic carbocycles. The number of anilines is 2. The largest absolute Gasteiger partial charge is 0.466 e. The number of thiol groups is 2. The Labute approximate surface area is 124 Å². The van der Waals surface area contributed by atoms with Gasteiger partial charge in [-0.3, -0.25) is 0 Å². The number of rotatable bonds is 0. The van der Waals surface area contributed by atoms with Crippen LogP contribution in [0.3, 0.4) is 0 Å². The first kappa shape index (κ1) is 22.0. The number of hydrogen-bond donors (Lipinski definition) is 10. The van der Waals surface area contributed by atoms with Crippen molar-refractivity contribution in [2.45, 2.75) is 9.79 Å². The third kappa shape index (κ3) is 20.1. The zero-order valence-corrected chi connectivity index (χ0v) is 13.2. The average molecular weight is 368 g/mol. The summed E-state index contributed by atoms with van der Waals surface area (Å²) < 4.78 is 17.8. The minimum absolute atomic E-state index is 0.600. The van der Waals surface area contributed by atoms with Crippen molar-refractivity contribution < 1.29 is 38.5 Å². The Morgan fingerprint density at radius 3 is 1.05 bits per heavy atom. The van der Waals surface area contributed by atoms with Crippen LogP contribution in [0.4, 0.5) is 11.4 Å². The molecule has 1 rings (SSSR count). The summed E-state index contributed by atoms with van der Waals surface area (Å²) in [6, 6.07) is 3.36. The van der Waals surface area contributed by atoms with Gasteiger partial charge >= 0.3 is 15.6 Å². The molecule has 20 heavy (non-hydrogen) atoms. The van der Waals surface area contributed by atoms with Crippen LogP contribution in [-0.4, -0.2) is 29.4 Å².